The van der Waals surface area contributed by atoms with Crippen LogP contribution in [-0.2, 0) is 12.0 Å². The Labute approximate surface area is 126 Å². The lowest BCUT2D eigenvalue weighted by atomic mass is 9.87. The molecule has 3 nitrogen and oxygen atoms in total. The second-order valence-corrected chi connectivity index (χ2v) is 6.17. The van der Waals surface area contributed by atoms with Crippen molar-refractivity contribution in [1.82, 2.24) is 5.32 Å². The van der Waals surface area contributed by atoms with Crippen LogP contribution < -0.4 is 10.6 Å². The van der Waals surface area contributed by atoms with Crippen LogP contribution in [0.15, 0.2) is 54.6 Å². The number of benzene rings is 2. The predicted molar refractivity (Wildman–Crippen MR) is 89.8 cm³/mol. The van der Waals surface area contributed by atoms with Crippen LogP contribution in [0.1, 0.15) is 31.9 Å². The summed E-state index contributed by atoms with van der Waals surface area (Å²) in [6, 6.07) is 18.3. The van der Waals surface area contributed by atoms with Gasteiger partial charge in [0, 0.05) is 12.2 Å². The summed E-state index contributed by atoms with van der Waals surface area (Å²) < 4.78 is 0. The first-order valence-corrected chi connectivity index (χ1v) is 7.19. The minimum atomic E-state index is 0.174. The Hall–Kier alpha value is -2.29. The van der Waals surface area contributed by atoms with E-state index >= 15 is 0 Å². The van der Waals surface area contributed by atoms with E-state index in [4.69, 9.17) is 5.41 Å². The molecule has 0 aromatic heterocycles. The largest absolute Gasteiger partial charge is 0.352 e. The maximum Gasteiger partial charge on any atom is 0.193 e. The lowest BCUT2D eigenvalue weighted by Gasteiger charge is -2.19. The summed E-state index contributed by atoms with van der Waals surface area (Å²) in [5, 5.41) is 14.0. The first-order valence-electron chi connectivity index (χ1n) is 7.19. The van der Waals surface area contributed by atoms with E-state index in [9.17, 15) is 0 Å². The molecule has 3 heteroatoms. The van der Waals surface area contributed by atoms with Gasteiger partial charge in [-0.05, 0) is 28.7 Å². The van der Waals surface area contributed by atoms with Crippen molar-refractivity contribution in [3.05, 3.63) is 65.7 Å². The number of hydrogen-bond donors (Lipinski definition) is 3. The number of hydrogen-bond acceptors (Lipinski definition) is 1. The van der Waals surface area contributed by atoms with E-state index in [0.717, 1.165) is 5.69 Å². The second-order valence-electron chi connectivity index (χ2n) is 6.17. The molecule has 0 heterocycles. The fourth-order valence-corrected chi connectivity index (χ4v) is 2.02. The van der Waals surface area contributed by atoms with Crippen molar-refractivity contribution in [2.45, 2.75) is 32.7 Å². The summed E-state index contributed by atoms with van der Waals surface area (Å²) >= 11 is 0. The number of guanidine groups is 1. The van der Waals surface area contributed by atoms with Crippen LogP contribution in [0.25, 0.3) is 0 Å². The van der Waals surface area contributed by atoms with Gasteiger partial charge < -0.3 is 10.6 Å². The van der Waals surface area contributed by atoms with Gasteiger partial charge in [-0.15, -0.1) is 0 Å². The molecule has 0 amide bonds. The van der Waals surface area contributed by atoms with E-state index in [2.05, 4.69) is 55.7 Å². The van der Waals surface area contributed by atoms with Crippen LogP contribution in [-0.4, -0.2) is 5.96 Å². The van der Waals surface area contributed by atoms with E-state index in [-0.39, 0.29) is 5.41 Å². The molecule has 0 spiro atoms. The van der Waals surface area contributed by atoms with Crippen molar-refractivity contribution in [2.24, 2.45) is 0 Å². The summed E-state index contributed by atoms with van der Waals surface area (Å²) in [5.74, 6) is 0.307. The molecule has 0 fully saturated rings. The minimum Gasteiger partial charge on any atom is -0.352 e. The van der Waals surface area contributed by atoms with Crippen LogP contribution in [0.3, 0.4) is 0 Å². The summed E-state index contributed by atoms with van der Waals surface area (Å²) in [4.78, 5) is 0. The summed E-state index contributed by atoms with van der Waals surface area (Å²) in [6.45, 7) is 7.27. The third-order valence-electron chi connectivity index (χ3n) is 3.33. The van der Waals surface area contributed by atoms with Crippen molar-refractivity contribution in [1.29, 1.82) is 5.41 Å². The molecule has 2 aromatic rings. The van der Waals surface area contributed by atoms with Crippen molar-refractivity contribution < 1.29 is 0 Å². The fraction of sp³-hybridized carbons (Fsp3) is 0.278. The van der Waals surface area contributed by atoms with E-state index in [1.807, 2.05) is 30.3 Å². The van der Waals surface area contributed by atoms with Crippen molar-refractivity contribution in [3.8, 4) is 0 Å². The van der Waals surface area contributed by atoms with Gasteiger partial charge in [0.05, 0.1) is 0 Å². The molecule has 3 N–H and O–H groups in total. The van der Waals surface area contributed by atoms with Crippen LogP contribution in [0, 0.1) is 5.41 Å². The van der Waals surface area contributed by atoms with Crippen molar-refractivity contribution in [2.75, 3.05) is 5.32 Å². The van der Waals surface area contributed by atoms with E-state index < -0.39 is 0 Å². The van der Waals surface area contributed by atoms with Gasteiger partial charge in [0.15, 0.2) is 5.96 Å². The maximum absolute atomic E-state index is 7.89. The van der Waals surface area contributed by atoms with Crippen LogP contribution in [0.2, 0.25) is 0 Å². The molecular weight excluding hydrogens is 258 g/mol. The topological polar surface area (TPSA) is 47.9 Å². The Morgan fingerprint density at radius 1 is 0.952 bits per heavy atom. The Morgan fingerprint density at radius 2 is 1.57 bits per heavy atom. The molecule has 21 heavy (non-hydrogen) atoms. The third-order valence-corrected chi connectivity index (χ3v) is 3.33. The normalized spacial score (nSPS) is 11.0. The van der Waals surface area contributed by atoms with Gasteiger partial charge in [0.25, 0.3) is 0 Å². The van der Waals surface area contributed by atoms with Gasteiger partial charge in [-0.1, -0.05) is 63.2 Å². The molecule has 2 rings (SSSR count). The number of nitrogens with one attached hydrogen (secondary N) is 3. The van der Waals surface area contributed by atoms with Gasteiger partial charge >= 0.3 is 0 Å². The monoisotopic (exact) mass is 281 g/mol. The van der Waals surface area contributed by atoms with Gasteiger partial charge in [-0.2, -0.15) is 0 Å². The first kappa shape index (κ1) is 15.1. The molecule has 2 aromatic carbocycles. The lowest BCUT2D eigenvalue weighted by Crippen LogP contribution is -2.29. The van der Waals surface area contributed by atoms with Gasteiger partial charge in [-0.25, -0.2) is 0 Å². The van der Waals surface area contributed by atoms with Crippen LogP contribution >= 0.6 is 0 Å². The average molecular weight is 281 g/mol. The fourth-order valence-electron chi connectivity index (χ4n) is 2.02. The molecule has 0 atom stereocenters. The molecule has 0 saturated heterocycles. The molecular formula is C18H23N3. The summed E-state index contributed by atoms with van der Waals surface area (Å²) in [6.07, 6.45) is 0. The first-order chi connectivity index (χ1) is 9.95. The third kappa shape index (κ3) is 4.63. The summed E-state index contributed by atoms with van der Waals surface area (Å²) in [5.41, 5.74) is 3.58. The quantitative estimate of drug-likeness (QED) is 0.585. The Morgan fingerprint density at radius 3 is 2.14 bits per heavy atom. The number of para-hydroxylation sites is 1. The predicted octanol–water partition coefficient (Wildman–Crippen LogP) is 4.12. The molecule has 110 valence electrons. The van der Waals surface area contributed by atoms with E-state index in [0.29, 0.717) is 12.5 Å². The zero-order chi connectivity index (χ0) is 15.3. The van der Waals surface area contributed by atoms with Gasteiger partial charge in [0.2, 0.25) is 0 Å². The highest BCUT2D eigenvalue weighted by Crippen LogP contribution is 2.22. The minimum absolute atomic E-state index is 0.174. The highest BCUT2D eigenvalue weighted by Gasteiger charge is 2.12. The second kappa shape index (κ2) is 6.44. The highest BCUT2D eigenvalue weighted by atomic mass is 15.1. The van der Waals surface area contributed by atoms with E-state index in [1.54, 1.807) is 0 Å². The zero-order valence-corrected chi connectivity index (χ0v) is 12.9. The number of rotatable bonds is 3. The summed E-state index contributed by atoms with van der Waals surface area (Å²) in [7, 11) is 0. The zero-order valence-electron chi connectivity index (χ0n) is 12.9. The standard InChI is InChI=1S/C18H23N3/c1-18(2,3)15-11-9-14(10-12-15)13-20-17(19)21-16-7-5-4-6-8-16/h4-12H,13H2,1-3H3,(H3,19,20,21). The highest BCUT2D eigenvalue weighted by molar-refractivity contribution is 5.90. The molecule has 0 saturated carbocycles. The van der Waals surface area contributed by atoms with Crippen molar-refractivity contribution in [3.63, 3.8) is 0 Å². The smallest absolute Gasteiger partial charge is 0.193 e. The van der Waals surface area contributed by atoms with E-state index in [1.165, 1.54) is 11.1 Å². The van der Waals surface area contributed by atoms with Gasteiger partial charge in [-0.3, -0.25) is 5.41 Å². The van der Waals surface area contributed by atoms with Gasteiger partial charge in [0.1, 0.15) is 0 Å². The van der Waals surface area contributed by atoms with Crippen LogP contribution in [0.5, 0.6) is 0 Å². The lowest BCUT2D eigenvalue weighted by molar-refractivity contribution is 0.590. The molecule has 0 bridgehead atoms. The average Bonchev–Trinajstić information content (AvgIpc) is 2.46. The van der Waals surface area contributed by atoms with Crippen molar-refractivity contribution >= 4 is 11.6 Å². The molecule has 0 radical (unpaired) electrons. The molecule has 0 unspecified atom stereocenters. The molecule has 0 aliphatic carbocycles. The maximum atomic E-state index is 7.89. The Balaban J connectivity index is 1.87. The Kier molecular flexibility index (Phi) is 4.63. The Bertz CT molecular complexity index is 580. The molecule has 0 aliphatic heterocycles. The SMILES string of the molecule is CC(C)(C)c1ccc(CNC(=N)Nc2ccccc2)cc1. The number of anilines is 1. The van der Waals surface area contributed by atoms with Crippen LogP contribution in [0.4, 0.5) is 5.69 Å². The molecule has 0 aliphatic rings.